The van der Waals surface area contributed by atoms with Gasteiger partial charge in [-0.2, -0.15) is 0 Å². The number of aliphatic carboxylic acids is 1. The first-order valence-corrected chi connectivity index (χ1v) is 12.9. The molecule has 1 heterocycles. The highest BCUT2D eigenvalue weighted by Gasteiger charge is 2.34. The third kappa shape index (κ3) is 6.04. The Bertz CT molecular complexity index is 1330. The molecule has 0 unspecified atom stereocenters. The van der Waals surface area contributed by atoms with Gasteiger partial charge in [0.1, 0.15) is 5.75 Å². The highest BCUT2D eigenvalue weighted by molar-refractivity contribution is 9.11. The molecule has 35 heavy (non-hydrogen) atoms. The van der Waals surface area contributed by atoms with Gasteiger partial charge in [-0.25, -0.2) is 9.79 Å². The first-order chi connectivity index (χ1) is 16.7. The van der Waals surface area contributed by atoms with Gasteiger partial charge in [0.25, 0.3) is 5.91 Å². The number of carbonyl (C=O) groups excluding carboxylic acids is 1. The van der Waals surface area contributed by atoms with E-state index >= 15 is 0 Å². The lowest BCUT2D eigenvalue weighted by Gasteiger charge is -2.16. The minimum atomic E-state index is -1.07. The van der Waals surface area contributed by atoms with Crippen molar-refractivity contribution in [3.8, 4) is 5.75 Å². The van der Waals surface area contributed by atoms with Crippen molar-refractivity contribution in [1.82, 2.24) is 0 Å². The minimum absolute atomic E-state index is 0.178. The first-order valence-electron chi connectivity index (χ1n) is 10.5. The Morgan fingerprint density at radius 2 is 1.60 bits per heavy atom. The van der Waals surface area contributed by atoms with E-state index in [1.807, 2.05) is 62.4 Å². The Labute approximate surface area is 224 Å². The second-order valence-corrected chi connectivity index (χ2v) is 10.5. The maximum atomic E-state index is 13.5. The number of amidine groups is 1. The van der Waals surface area contributed by atoms with Gasteiger partial charge in [0.2, 0.25) is 0 Å². The van der Waals surface area contributed by atoms with Gasteiger partial charge in [0.15, 0.2) is 11.8 Å². The lowest BCUT2D eigenvalue weighted by Crippen LogP contribution is -2.28. The fraction of sp³-hybridized carbons (Fsp3) is 0.115. The molecule has 6 nitrogen and oxygen atoms in total. The van der Waals surface area contributed by atoms with Crippen LogP contribution in [0.5, 0.6) is 5.75 Å². The molecule has 0 bridgehead atoms. The van der Waals surface area contributed by atoms with Crippen LogP contribution >= 0.6 is 43.6 Å². The van der Waals surface area contributed by atoms with Crippen molar-refractivity contribution >= 4 is 78.1 Å². The largest absolute Gasteiger partial charge is 0.480 e. The van der Waals surface area contributed by atoms with E-state index in [1.165, 1.54) is 11.8 Å². The van der Waals surface area contributed by atoms with Crippen LogP contribution in [0.2, 0.25) is 0 Å². The highest BCUT2D eigenvalue weighted by Crippen LogP contribution is 2.40. The summed E-state index contributed by atoms with van der Waals surface area (Å²) in [6, 6.07) is 19.1. The van der Waals surface area contributed by atoms with Crippen LogP contribution in [0.3, 0.4) is 0 Å². The molecule has 178 valence electrons. The van der Waals surface area contributed by atoms with Crippen LogP contribution in [0.4, 0.5) is 11.4 Å². The number of carbonyl (C=O) groups is 2. The summed E-state index contributed by atoms with van der Waals surface area (Å²) in [5, 5.41) is 9.45. The Morgan fingerprint density at radius 3 is 2.17 bits per heavy atom. The van der Waals surface area contributed by atoms with Crippen molar-refractivity contribution in [3.05, 3.63) is 91.2 Å². The number of aryl methyl sites for hydroxylation is 2. The molecule has 1 aliphatic rings. The molecular weight excluding hydrogens is 596 g/mol. The predicted octanol–water partition coefficient (Wildman–Crippen LogP) is 7.10. The molecule has 4 rings (SSSR count). The SMILES string of the molecule is Cc1ccc(N=C2S/C(=C\c3cc(Br)c(OCC(=O)O)c(Br)c3)C(=O)N2c2ccc(C)cc2)cc1. The molecule has 0 aliphatic carbocycles. The summed E-state index contributed by atoms with van der Waals surface area (Å²) in [7, 11) is 0. The van der Waals surface area contributed by atoms with Crippen molar-refractivity contribution in [3.63, 3.8) is 0 Å². The minimum Gasteiger partial charge on any atom is -0.480 e. The fourth-order valence-corrected chi connectivity index (χ4v) is 5.74. The smallest absolute Gasteiger partial charge is 0.341 e. The zero-order valence-electron chi connectivity index (χ0n) is 18.8. The summed E-state index contributed by atoms with van der Waals surface area (Å²) in [6.07, 6.45) is 1.78. The summed E-state index contributed by atoms with van der Waals surface area (Å²) < 4.78 is 6.48. The van der Waals surface area contributed by atoms with Crippen LogP contribution in [0, 0.1) is 13.8 Å². The maximum absolute atomic E-state index is 13.5. The quantitative estimate of drug-likeness (QED) is 0.299. The van der Waals surface area contributed by atoms with Crippen molar-refractivity contribution in [2.24, 2.45) is 4.99 Å². The summed E-state index contributed by atoms with van der Waals surface area (Å²) in [6.45, 7) is 3.55. The van der Waals surface area contributed by atoms with E-state index in [0.29, 0.717) is 24.8 Å². The monoisotopic (exact) mass is 614 g/mol. The first kappa shape index (κ1) is 25.2. The maximum Gasteiger partial charge on any atom is 0.341 e. The van der Waals surface area contributed by atoms with Gasteiger partial charge in [-0.15, -0.1) is 0 Å². The lowest BCUT2D eigenvalue weighted by molar-refractivity contribution is -0.139. The number of hydrogen-bond donors (Lipinski definition) is 1. The molecule has 0 aromatic heterocycles. The van der Waals surface area contributed by atoms with Crippen LogP contribution in [0.1, 0.15) is 16.7 Å². The molecular formula is C26H20Br2N2O4S. The molecule has 0 atom stereocenters. The Balaban J connectivity index is 1.72. The summed E-state index contributed by atoms with van der Waals surface area (Å²) in [4.78, 5) is 31.2. The molecule has 1 saturated heterocycles. The van der Waals surface area contributed by atoms with E-state index in [2.05, 4.69) is 31.9 Å². The van der Waals surface area contributed by atoms with E-state index in [4.69, 9.17) is 14.8 Å². The predicted molar refractivity (Wildman–Crippen MR) is 147 cm³/mol. The van der Waals surface area contributed by atoms with Gasteiger partial charge in [-0.05, 0) is 106 Å². The number of thioether (sulfide) groups is 1. The molecule has 1 N–H and O–H groups in total. The van der Waals surface area contributed by atoms with Crippen LogP contribution in [0.15, 0.2) is 79.5 Å². The number of carboxylic acid groups (broad SMARTS) is 1. The van der Waals surface area contributed by atoms with E-state index in [-0.39, 0.29) is 5.91 Å². The van der Waals surface area contributed by atoms with Gasteiger partial charge in [-0.3, -0.25) is 9.69 Å². The van der Waals surface area contributed by atoms with Crippen LogP contribution in [0.25, 0.3) is 6.08 Å². The number of nitrogens with zero attached hydrogens (tertiary/aromatic N) is 2. The van der Waals surface area contributed by atoms with Gasteiger partial charge < -0.3 is 9.84 Å². The molecule has 0 saturated carbocycles. The molecule has 3 aromatic rings. The number of rotatable bonds is 6. The molecule has 1 amide bonds. The second kappa shape index (κ2) is 10.8. The zero-order valence-corrected chi connectivity index (χ0v) is 22.8. The number of hydrogen-bond acceptors (Lipinski definition) is 5. The van der Waals surface area contributed by atoms with Gasteiger partial charge in [-0.1, -0.05) is 35.4 Å². The topological polar surface area (TPSA) is 79.2 Å². The highest BCUT2D eigenvalue weighted by atomic mass is 79.9. The molecule has 3 aromatic carbocycles. The Hall–Kier alpha value is -2.88. The van der Waals surface area contributed by atoms with Gasteiger partial charge >= 0.3 is 5.97 Å². The Kier molecular flexibility index (Phi) is 7.78. The van der Waals surface area contributed by atoms with Crippen molar-refractivity contribution < 1.29 is 19.4 Å². The summed E-state index contributed by atoms with van der Waals surface area (Å²) >= 11 is 8.15. The number of benzene rings is 3. The number of halogens is 2. The number of ether oxygens (including phenoxy) is 1. The Morgan fingerprint density at radius 1 is 1.03 bits per heavy atom. The fourth-order valence-electron chi connectivity index (χ4n) is 3.29. The lowest BCUT2D eigenvalue weighted by atomic mass is 10.2. The van der Waals surface area contributed by atoms with Crippen LogP contribution in [-0.2, 0) is 9.59 Å². The molecule has 9 heteroatoms. The van der Waals surface area contributed by atoms with Crippen molar-refractivity contribution in [1.29, 1.82) is 0 Å². The number of amides is 1. The molecule has 0 spiro atoms. The molecule has 0 radical (unpaired) electrons. The van der Waals surface area contributed by atoms with Crippen molar-refractivity contribution in [2.45, 2.75) is 13.8 Å². The summed E-state index contributed by atoms with van der Waals surface area (Å²) in [5.74, 6) is -0.870. The number of carboxylic acids is 1. The average Bonchev–Trinajstić information content (AvgIpc) is 3.09. The summed E-state index contributed by atoms with van der Waals surface area (Å²) in [5.41, 5.74) is 4.47. The van der Waals surface area contributed by atoms with Gasteiger partial charge in [0.05, 0.1) is 25.2 Å². The van der Waals surface area contributed by atoms with Gasteiger partial charge in [0, 0.05) is 0 Å². The third-order valence-electron chi connectivity index (χ3n) is 5.02. The van der Waals surface area contributed by atoms with E-state index in [0.717, 1.165) is 28.1 Å². The number of aliphatic imine (C=N–C) groups is 1. The van der Waals surface area contributed by atoms with E-state index in [1.54, 1.807) is 23.1 Å². The molecule has 1 fully saturated rings. The zero-order chi connectivity index (χ0) is 25.1. The van der Waals surface area contributed by atoms with Crippen LogP contribution in [-0.4, -0.2) is 28.8 Å². The normalized spacial score (nSPS) is 15.8. The third-order valence-corrected chi connectivity index (χ3v) is 7.16. The standard InChI is InChI=1S/C26H20Br2N2O4S/c1-15-3-7-18(8-4-15)29-26-30(19-9-5-16(2)6-10-19)25(33)22(35-26)13-17-11-20(27)24(21(28)12-17)34-14-23(31)32/h3-13H,14H2,1-2H3,(H,31,32)/b22-13-,29-26?. The average molecular weight is 616 g/mol. The van der Waals surface area contributed by atoms with Crippen LogP contribution < -0.4 is 9.64 Å². The van der Waals surface area contributed by atoms with E-state index in [9.17, 15) is 9.59 Å². The van der Waals surface area contributed by atoms with Crippen molar-refractivity contribution in [2.75, 3.05) is 11.5 Å². The van der Waals surface area contributed by atoms with E-state index < -0.39 is 12.6 Å². The second-order valence-electron chi connectivity index (χ2n) is 7.81. The molecule has 1 aliphatic heterocycles. The number of anilines is 1.